The summed E-state index contributed by atoms with van der Waals surface area (Å²) in [6, 6.07) is 0. The van der Waals surface area contributed by atoms with E-state index in [2.05, 4.69) is 4.74 Å². The molecular formula is C13H18O9. The van der Waals surface area contributed by atoms with Crippen LogP contribution >= 0.6 is 0 Å². The molecule has 1 fully saturated rings. The van der Waals surface area contributed by atoms with Crippen molar-refractivity contribution in [3.05, 3.63) is 0 Å². The Hall–Kier alpha value is -2.16. The summed E-state index contributed by atoms with van der Waals surface area (Å²) in [4.78, 5) is 45.4. The number of carbonyl (C=O) groups excluding carboxylic acids is 4. The minimum atomic E-state index is -1.29. The van der Waals surface area contributed by atoms with E-state index in [1.807, 2.05) is 0 Å². The summed E-state index contributed by atoms with van der Waals surface area (Å²) in [5, 5.41) is 0. The molecule has 22 heavy (non-hydrogen) atoms. The first kappa shape index (κ1) is 17.9. The fraction of sp³-hybridized carbons (Fsp3) is 0.692. The molecule has 4 atom stereocenters. The number of methoxy groups -OCH3 is 1. The van der Waals surface area contributed by atoms with E-state index in [9.17, 15) is 19.2 Å². The molecule has 124 valence electrons. The van der Waals surface area contributed by atoms with E-state index >= 15 is 0 Å². The third-order valence-corrected chi connectivity index (χ3v) is 2.78. The van der Waals surface area contributed by atoms with Gasteiger partial charge >= 0.3 is 23.9 Å². The largest absolute Gasteiger partial charge is 0.467 e. The first-order valence-electron chi connectivity index (χ1n) is 6.47. The van der Waals surface area contributed by atoms with Crippen molar-refractivity contribution in [1.29, 1.82) is 0 Å². The monoisotopic (exact) mass is 318 g/mol. The smallest absolute Gasteiger partial charge is 0.339 e. The Labute approximate surface area is 126 Å². The van der Waals surface area contributed by atoms with Crippen LogP contribution in [-0.2, 0) is 42.9 Å². The van der Waals surface area contributed by atoms with Gasteiger partial charge in [0.2, 0.25) is 0 Å². The Bertz CT molecular complexity index is 458. The Morgan fingerprint density at radius 2 is 1.36 bits per heavy atom. The Balaban J connectivity index is 3.09. The summed E-state index contributed by atoms with van der Waals surface area (Å²) in [5.74, 6) is -2.85. The second-order valence-electron chi connectivity index (χ2n) is 4.57. The van der Waals surface area contributed by atoms with Gasteiger partial charge in [-0.1, -0.05) is 0 Å². The molecule has 0 aliphatic carbocycles. The minimum absolute atomic E-state index is 0.213. The molecule has 0 N–H and O–H groups in total. The van der Waals surface area contributed by atoms with E-state index in [-0.39, 0.29) is 6.61 Å². The molecule has 9 nitrogen and oxygen atoms in total. The van der Waals surface area contributed by atoms with Crippen molar-refractivity contribution in [3.8, 4) is 0 Å². The second kappa shape index (κ2) is 7.74. The highest BCUT2D eigenvalue weighted by atomic mass is 16.7. The van der Waals surface area contributed by atoms with Gasteiger partial charge < -0.3 is 23.7 Å². The average molecular weight is 318 g/mol. The van der Waals surface area contributed by atoms with Crippen molar-refractivity contribution in [2.24, 2.45) is 0 Å². The molecule has 0 aromatic rings. The molecule has 1 heterocycles. The Morgan fingerprint density at radius 1 is 0.864 bits per heavy atom. The molecule has 0 aromatic heterocycles. The predicted molar refractivity (Wildman–Crippen MR) is 68.4 cm³/mol. The first-order valence-corrected chi connectivity index (χ1v) is 6.47. The van der Waals surface area contributed by atoms with Crippen LogP contribution in [0.15, 0.2) is 0 Å². The van der Waals surface area contributed by atoms with E-state index in [0.29, 0.717) is 0 Å². The number of ether oxygens (including phenoxy) is 5. The van der Waals surface area contributed by atoms with Crippen LogP contribution in [0.5, 0.6) is 0 Å². The summed E-state index contributed by atoms with van der Waals surface area (Å²) in [6.07, 6.45) is -4.76. The number of hydrogen-bond donors (Lipinski definition) is 0. The van der Waals surface area contributed by atoms with E-state index in [4.69, 9.17) is 18.9 Å². The van der Waals surface area contributed by atoms with Gasteiger partial charge in [0.05, 0.1) is 13.7 Å². The van der Waals surface area contributed by atoms with Gasteiger partial charge in [-0.15, -0.1) is 0 Å². The maximum absolute atomic E-state index is 11.7. The molecule has 1 aliphatic heterocycles. The molecular weight excluding hydrogens is 300 g/mol. The van der Waals surface area contributed by atoms with Crippen molar-refractivity contribution in [1.82, 2.24) is 0 Å². The van der Waals surface area contributed by atoms with Gasteiger partial charge in [0, 0.05) is 20.8 Å². The molecule has 0 amide bonds. The van der Waals surface area contributed by atoms with Gasteiger partial charge in [-0.3, -0.25) is 14.4 Å². The van der Waals surface area contributed by atoms with E-state index in [1.165, 1.54) is 0 Å². The maximum Gasteiger partial charge on any atom is 0.339 e. The van der Waals surface area contributed by atoms with Crippen molar-refractivity contribution in [2.75, 3.05) is 13.7 Å². The van der Waals surface area contributed by atoms with Crippen molar-refractivity contribution in [2.45, 2.75) is 45.2 Å². The zero-order valence-corrected chi connectivity index (χ0v) is 12.7. The van der Waals surface area contributed by atoms with E-state index < -0.39 is 48.3 Å². The lowest BCUT2D eigenvalue weighted by atomic mass is 9.99. The molecule has 0 unspecified atom stereocenters. The lowest BCUT2D eigenvalue weighted by Crippen LogP contribution is -2.59. The topological polar surface area (TPSA) is 114 Å². The molecule has 9 heteroatoms. The van der Waals surface area contributed by atoms with Gasteiger partial charge in [-0.2, -0.15) is 0 Å². The second-order valence-corrected chi connectivity index (χ2v) is 4.57. The van der Waals surface area contributed by atoms with Crippen LogP contribution in [0.4, 0.5) is 0 Å². The highest BCUT2D eigenvalue weighted by Crippen LogP contribution is 2.25. The average Bonchev–Trinajstić information content (AvgIpc) is 2.40. The SMILES string of the molecule is COC(=O)[C@@H]1OC[C@@H](OC(C)=O)[C@@H](OC(C)=O)[C@H]1OC(C)=O. The van der Waals surface area contributed by atoms with Crippen LogP contribution in [0.3, 0.4) is 0 Å². The molecule has 1 rings (SSSR count). The number of hydrogen-bond acceptors (Lipinski definition) is 9. The van der Waals surface area contributed by atoms with E-state index in [1.54, 1.807) is 0 Å². The van der Waals surface area contributed by atoms with Crippen LogP contribution in [-0.4, -0.2) is 62.0 Å². The summed E-state index contributed by atoms with van der Waals surface area (Å²) >= 11 is 0. The van der Waals surface area contributed by atoms with Gasteiger partial charge in [0.25, 0.3) is 0 Å². The zero-order valence-electron chi connectivity index (χ0n) is 12.7. The fourth-order valence-corrected chi connectivity index (χ4v) is 2.06. The molecule has 0 aromatic carbocycles. The molecule has 0 radical (unpaired) electrons. The quantitative estimate of drug-likeness (QED) is 0.492. The van der Waals surface area contributed by atoms with Crippen molar-refractivity contribution in [3.63, 3.8) is 0 Å². The molecule has 0 saturated carbocycles. The normalized spacial score (nSPS) is 27.5. The summed E-state index contributed by atoms with van der Waals surface area (Å²) in [7, 11) is 1.13. The number of esters is 4. The van der Waals surface area contributed by atoms with Gasteiger partial charge in [0.15, 0.2) is 24.4 Å². The van der Waals surface area contributed by atoms with Crippen LogP contribution < -0.4 is 0 Å². The first-order chi connectivity index (χ1) is 10.3. The van der Waals surface area contributed by atoms with Crippen molar-refractivity contribution >= 4 is 23.9 Å². The maximum atomic E-state index is 11.7. The van der Waals surface area contributed by atoms with Gasteiger partial charge in [0.1, 0.15) is 0 Å². The fourth-order valence-electron chi connectivity index (χ4n) is 2.06. The summed E-state index contributed by atoms with van der Waals surface area (Å²) in [6.45, 7) is 3.21. The lowest BCUT2D eigenvalue weighted by Gasteiger charge is -2.39. The highest BCUT2D eigenvalue weighted by Gasteiger charge is 2.50. The lowest BCUT2D eigenvalue weighted by molar-refractivity contribution is -0.229. The third kappa shape index (κ3) is 4.69. The Morgan fingerprint density at radius 3 is 1.82 bits per heavy atom. The molecule has 1 aliphatic rings. The molecule has 0 spiro atoms. The zero-order chi connectivity index (χ0) is 16.9. The summed E-state index contributed by atoms with van der Waals surface area (Å²) in [5.41, 5.74) is 0. The molecule has 0 bridgehead atoms. The van der Waals surface area contributed by atoms with Crippen LogP contribution in [0.2, 0.25) is 0 Å². The summed E-state index contributed by atoms with van der Waals surface area (Å²) < 4.78 is 24.9. The number of rotatable bonds is 4. The predicted octanol–water partition coefficient (Wildman–Crippen LogP) is -0.647. The highest BCUT2D eigenvalue weighted by molar-refractivity contribution is 5.77. The van der Waals surface area contributed by atoms with Gasteiger partial charge in [-0.25, -0.2) is 4.79 Å². The van der Waals surface area contributed by atoms with Crippen molar-refractivity contribution < 1.29 is 42.9 Å². The van der Waals surface area contributed by atoms with Gasteiger partial charge in [-0.05, 0) is 0 Å². The standard InChI is InChI=1S/C13H18O9/c1-6(14)20-9-5-19-12(13(17)18-4)11(22-8(3)16)10(9)21-7(2)15/h9-12H,5H2,1-4H3/t9-,10-,11-,12-/m1/s1. The number of carbonyl (C=O) groups is 4. The van der Waals surface area contributed by atoms with E-state index in [0.717, 1.165) is 27.9 Å². The minimum Gasteiger partial charge on any atom is -0.467 e. The Kier molecular flexibility index (Phi) is 6.29. The third-order valence-electron chi connectivity index (χ3n) is 2.78. The van der Waals surface area contributed by atoms with Crippen LogP contribution in [0.25, 0.3) is 0 Å². The van der Waals surface area contributed by atoms with Crippen LogP contribution in [0.1, 0.15) is 20.8 Å². The van der Waals surface area contributed by atoms with Crippen LogP contribution in [0, 0.1) is 0 Å². The molecule has 1 saturated heterocycles.